The van der Waals surface area contributed by atoms with Crippen LogP contribution in [0.5, 0.6) is 0 Å². The van der Waals surface area contributed by atoms with Crippen LogP contribution < -0.4 is 0 Å². The van der Waals surface area contributed by atoms with Crippen molar-refractivity contribution in [2.24, 2.45) is 10.8 Å². The van der Waals surface area contributed by atoms with Crippen LogP contribution in [0.1, 0.15) is 122 Å². The number of nitrogens with zero attached hydrogens (tertiary/aromatic N) is 2. The van der Waals surface area contributed by atoms with E-state index in [0.717, 1.165) is 37.5 Å². The van der Waals surface area contributed by atoms with Crippen molar-refractivity contribution in [3.05, 3.63) is 101 Å². The van der Waals surface area contributed by atoms with Crippen LogP contribution in [-0.2, 0) is 43.0 Å². The fourth-order valence-corrected chi connectivity index (χ4v) is 7.40. The van der Waals surface area contributed by atoms with Crippen LogP contribution in [0, 0.1) is 10.8 Å². The number of esters is 3. The van der Waals surface area contributed by atoms with Gasteiger partial charge in [-0.3, -0.25) is 28.8 Å². The number of ketones is 3. The summed E-state index contributed by atoms with van der Waals surface area (Å²) in [5, 5.41) is 2.03. The number of pyridine rings is 2. The van der Waals surface area contributed by atoms with Gasteiger partial charge in [0.2, 0.25) is 0 Å². The molecule has 0 bridgehead atoms. The Labute approximate surface area is 354 Å². The summed E-state index contributed by atoms with van der Waals surface area (Å²) in [5.41, 5.74) is 2.83. The molecular formula is C47H53BrN2O9. The Balaban J connectivity index is 0.000000222. The number of halogens is 1. The maximum Gasteiger partial charge on any atom is 0.315 e. The Kier molecular flexibility index (Phi) is 16.5. The molecule has 2 heterocycles. The van der Waals surface area contributed by atoms with Crippen LogP contribution in [-0.4, -0.2) is 51.8 Å². The minimum atomic E-state index is -0.766. The van der Waals surface area contributed by atoms with E-state index in [-0.39, 0.29) is 41.4 Å². The summed E-state index contributed by atoms with van der Waals surface area (Å²) in [6.45, 7) is 13.7. The van der Waals surface area contributed by atoms with Gasteiger partial charge in [-0.05, 0) is 89.3 Å². The van der Waals surface area contributed by atoms with Crippen molar-refractivity contribution in [2.45, 2.75) is 105 Å². The number of carbonyl (C=O) groups excluding carboxylic acids is 6. The number of benzene rings is 2. The number of ether oxygens (including phenoxy) is 3. The molecule has 0 saturated heterocycles. The van der Waals surface area contributed by atoms with E-state index in [0.29, 0.717) is 63.7 Å². The van der Waals surface area contributed by atoms with Gasteiger partial charge in [-0.15, -0.1) is 6.58 Å². The molecule has 2 aromatic carbocycles. The first kappa shape index (κ1) is 46.3. The zero-order chi connectivity index (χ0) is 43.3. The SMILES string of the molecule is C=CC1(C(C)=O)CCC(=O)CC1.CC(=O)O[C@H](C)c1ccc2ccc(Br)cc2n1.CCOC(=O)C1(/C=C/c2ccc3ccc([C@@H](C)OC(C)=O)nc3c2)CCC(=O)CC1. The maximum absolute atomic E-state index is 12.6. The molecule has 2 aliphatic carbocycles. The number of Topliss-reactive ketones (excluding diaryl/α,β-unsaturated/α-hetero) is 3. The third-order valence-electron chi connectivity index (χ3n) is 10.7. The molecule has 2 aliphatic rings. The molecule has 0 aliphatic heterocycles. The highest BCUT2D eigenvalue weighted by molar-refractivity contribution is 9.10. The highest BCUT2D eigenvalue weighted by atomic mass is 79.9. The van der Waals surface area contributed by atoms with Gasteiger partial charge in [-0.2, -0.15) is 0 Å². The number of carbonyl (C=O) groups is 6. The van der Waals surface area contributed by atoms with Crippen LogP contribution >= 0.6 is 15.9 Å². The standard InChI is InChI=1S/C24H27NO5.C13H12BrNO2.C10H14O2/c1-4-29-23(28)24(13-10-20(27)11-14-24)12-9-18-5-6-19-7-8-21(25-22(19)15-18)16(2)30-17(3)26;1-8(17-9(2)16)12-6-4-10-3-5-11(14)7-13(10)15-12;1-3-10(8(2)11)6-4-9(12)5-7-10/h5-9,12,15-16H,4,10-11,13-14H2,1-3H3;3-8H,1-2H3;3H,1,4-7H2,2H3/b12-9+;;/t16-;8-;/m11./s1. The highest BCUT2D eigenvalue weighted by Gasteiger charge is 2.40. The fraction of sp³-hybridized carbons (Fsp3) is 0.404. The molecule has 59 heavy (non-hydrogen) atoms. The summed E-state index contributed by atoms with van der Waals surface area (Å²) in [4.78, 5) is 77.8. The van der Waals surface area contributed by atoms with E-state index < -0.39 is 16.9 Å². The second-order valence-electron chi connectivity index (χ2n) is 15.0. The lowest BCUT2D eigenvalue weighted by Crippen LogP contribution is -2.35. The molecule has 0 spiro atoms. The summed E-state index contributed by atoms with van der Waals surface area (Å²) in [6.07, 6.45) is 8.83. The van der Waals surface area contributed by atoms with Gasteiger partial charge in [0.1, 0.15) is 29.6 Å². The lowest BCUT2D eigenvalue weighted by atomic mass is 9.71. The lowest BCUT2D eigenvalue weighted by Gasteiger charge is -2.31. The molecule has 0 radical (unpaired) electrons. The molecule has 4 aromatic rings. The van der Waals surface area contributed by atoms with E-state index in [2.05, 4.69) is 32.5 Å². The number of hydrogen-bond donors (Lipinski definition) is 0. The first-order valence-electron chi connectivity index (χ1n) is 19.9. The molecule has 2 saturated carbocycles. The van der Waals surface area contributed by atoms with Crippen LogP contribution in [0.25, 0.3) is 27.9 Å². The van der Waals surface area contributed by atoms with Gasteiger partial charge in [0.25, 0.3) is 0 Å². The zero-order valence-corrected chi connectivity index (χ0v) is 36.3. The summed E-state index contributed by atoms with van der Waals surface area (Å²) < 4.78 is 16.6. The van der Waals surface area contributed by atoms with Gasteiger partial charge in [0, 0.05) is 60.2 Å². The molecule has 6 rings (SSSR count). The number of allylic oxidation sites excluding steroid dienone is 1. The van der Waals surface area contributed by atoms with Crippen molar-refractivity contribution in [1.82, 2.24) is 9.97 Å². The highest BCUT2D eigenvalue weighted by Crippen LogP contribution is 2.39. The summed E-state index contributed by atoms with van der Waals surface area (Å²) in [6, 6.07) is 19.4. The third-order valence-corrected chi connectivity index (χ3v) is 11.2. The molecule has 0 N–H and O–H groups in total. The molecule has 2 aromatic heterocycles. The lowest BCUT2D eigenvalue weighted by molar-refractivity contribution is -0.154. The molecule has 312 valence electrons. The monoisotopic (exact) mass is 868 g/mol. The van der Waals surface area contributed by atoms with Gasteiger partial charge in [0.05, 0.1) is 34.4 Å². The molecule has 2 atom stereocenters. The average Bonchev–Trinajstić information content (AvgIpc) is 3.20. The van der Waals surface area contributed by atoms with E-state index >= 15 is 0 Å². The van der Waals surface area contributed by atoms with E-state index in [9.17, 15) is 28.8 Å². The van der Waals surface area contributed by atoms with E-state index in [4.69, 9.17) is 14.2 Å². The van der Waals surface area contributed by atoms with Gasteiger partial charge in [0.15, 0.2) is 0 Å². The summed E-state index contributed by atoms with van der Waals surface area (Å²) >= 11 is 3.41. The van der Waals surface area contributed by atoms with Gasteiger partial charge in [-0.1, -0.05) is 64.5 Å². The normalized spacial score (nSPS) is 16.7. The Bertz CT molecular complexity index is 2230. The fourth-order valence-electron chi connectivity index (χ4n) is 7.05. The molecule has 2 fully saturated rings. The maximum atomic E-state index is 12.6. The van der Waals surface area contributed by atoms with Gasteiger partial charge >= 0.3 is 17.9 Å². The van der Waals surface area contributed by atoms with E-state index in [1.165, 1.54) is 13.8 Å². The first-order valence-corrected chi connectivity index (χ1v) is 20.6. The largest absolute Gasteiger partial charge is 0.465 e. The second kappa shape index (κ2) is 21.1. The van der Waals surface area contributed by atoms with Crippen molar-refractivity contribution < 1.29 is 43.0 Å². The van der Waals surface area contributed by atoms with Crippen LogP contribution in [0.3, 0.4) is 0 Å². The summed E-state index contributed by atoms with van der Waals surface area (Å²) in [7, 11) is 0. The van der Waals surface area contributed by atoms with Crippen molar-refractivity contribution >= 4 is 79.1 Å². The zero-order valence-electron chi connectivity index (χ0n) is 34.7. The van der Waals surface area contributed by atoms with Crippen LogP contribution in [0.2, 0.25) is 0 Å². The van der Waals surface area contributed by atoms with E-state index in [1.54, 1.807) is 26.8 Å². The van der Waals surface area contributed by atoms with Crippen molar-refractivity contribution in [2.75, 3.05) is 6.61 Å². The van der Waals surface area contributed by atoms with Crippen LogP contribution in [0.4, 0.5) is 0 Å². The minimum absolute atomic E-state index is 0.144. The first-order chi connectivity index (χ1) is 28.0. The topological polar surface area (TPSA) is 156 Å². The third kappa shape index (κ3) is 12.8. The van der Waals surface area contributed by atoms with Gasteiger partial charge in [-0.25, -0.2) is 9.97 Å². The molecule has 11 nitrogen and oxygen atoms in total. The average molecular weight is 870 g/mol. The predicted octanol–water partition coefficient (Wildman–Crippen LogP) is 10.1. The van der Waals surface area contributed by atoms with Crippen molar-refractivity contribution in [3.8, 4) is 0 Å². The van der Waals surface area contributed by atoms with Crippen molar-refractivity contribution in [1.29, 1.82) is 0 Å². The smallest absolute Gasteiger partial charge is 0.315 e. The van der Waals surface area contributed by atoms with Crippen molar-refractivity contribution in [3.63, 3.8) is 0 Å². The van der Waals surface area contributed by atoms with Gasteiger partial charge < -0.3 is 14.2 Å². The molecular weight excluding hydrogens is 816 g/mol. The second-order valence-corrected chi connectivity index (χ2v) is 15.9. The molecule has 0 amide bonds. The number of aromatic nitrogens is 2. The predicted molar refractivity (Wildman–Crippen MR) is 230 cm³/mol. The molecule has 12 heteroatoms. The van der Waals surface area contributed by atoms with Crippen LogP contribution in [0.15, 0.2) is 83.9 Å². The Morgan fingerprint density at radius 1 is 0.729 bits per heavy atom. The quantitative estimate of drug-likeness (QED) is 0.0849. The number of hydrogen-bond acceptors (Lipinski definition) is 11. The Morgan fingerprint density at radius 2 is 1.19 bits per heavy atom. The Morgan fingerprint density at radius 3 is 1.64 bits per heavy atom. The van der Waals surface area contributed by atoms with E-state index in [1.807, 2.05) is 79.7 Å². The number of fused-ring (bicyclic) bond motifs is 2. The number of rotatable bonds is 10. The Hall–Kier alpha value is -5.36. The molecule has 0 unspecified atom stereocenters. The minimum Gasteiger partial charge on any atom is -0.465 e. The summed E-state index contributed by atoms with van der Waals surface area (Å²) in [5.74, 6) is -0.318.